The van der Waals surface area contributed by atoms with Crippen LogP contribution < -0.4 is 10.6 Å². The summed E-state index contributed by atoms with van der Waals surface area (Å²) < 4.78 is 23.9. The molecule has 0 aliphatic carbocycles. The number of hydrogen-bond acceptors (Lipinski definition) is 5. The second kappa shape index (κ2) is 5.83. The fourth-order valence-electron chi connectivity index (χ4n) is 2.19. The number of thioether (sulfide) groups is 1. The summed E-state index contributed by atoms with van der Waals surface area (Å²) >= 11 is 7.55. The Morgan fingerprint density at radius 2 is 2.25 bits per heavy atom. The number of hydrogen-bond donors (Lipinski definition) is 2. The number of nitrogen functional groups attached to an aromatic ring is 1. The monoisotopic (exact) mass is 333 g/mol. The van der Waals surface area contributed by atoms with Crippen molar-refractivity contribution in [3.8, 4) is 0 Å². The Bertz CT molecular complexity index is 634. The van der Waals surface area contributed by atoms with E-state index in [0.717, 1.165) is 5.75 Å². The van der Waals surface area contributed by atoms with Crippen molar-refractivity contribution in [2.24, 2.45) is 5.73 Å². The van der Waals surface area contributed by atoms with Crippen molar-refractivity contribution in [2.75, 3.05) is 29.2 Å². The van der Waals surface area contributed by atoms with E-state index in [0.29, 0.717) is 28.6 Å². The molecule has 110 valence electrons. The lowest BCUT2D eigenvalue weighted by molar-refractivity contribution is 0.584. The molecule has 0 spiro atoms. The van der Waals surface area contributed by atoms with Crippen molar-refractivity contribution in [3.05, 3.63) is 28.8 Å². The quantitative estimate of drug-likeness (QED) is 0.647. The van der Waals surface area contributed by atoms with E-state index in [1.165, 1.54) is 6.26 Å². The molecule has 20 heavy (non-hydrogen) atoms. The standard InChI is InChI=1S/C12H16ClN3O2S2/c1-20(17,18)11-7-19-5-4-16(11)10-3-2-8(13)6-9(10)12(14)15/h2-3,6,11H,4-5,7H2,1H3,(H3,14,15). The first kappa shape index (κ1) is 15.5. The zero-order valence-electron chi connectivity index (χ0n) is 11.0. The number of halogens is 1. The molecule has 0 bridgehead atoms. The summed E-state index contributed by atoms with van der Waals surface area (Å²) in [5.41, 5.74) is 6.71. The Morgan fingerprint density at radius 1 is 1.55 bits per heavy atom. The van der Waals surface area contributed by atoms with Crippen molar-refractivity contribution in [1.29, 1.82) is 5.41 Å². The number of rotatable bonds is 3. The van der Waals surface area contributed by atoms with E-state index in [-0.39, 0.29) is 5.84 Å². The van der Waals surface area contributed by atoms with Gasteiger partial charge < -0.3 is 10.6 Å². The molecule has 0 aromatic heterocycles. The van der Waals surface area contributed by atoms with Crippen LogP contribution in [0.2, 0.25) is 5.02 Å². The van der Waals surface area contributed by atoms with E-state index in [1.807, 2.05) is 0 Å². The van der Waals surface area contributed by atoms with Crippen LogP contribution in [-0.4, -0.2) is 43.9 Å². The summed E-state index contributed by atoms with van der Waals surface area (Å²) in [7, 11) is -3.21. The van der Waals surface area contributed by atoms with Gasteiger partial charge in [-0.25, -0.2) is 8.42 Å². The number of benzene rings is 1. The van der Waals surface area contributed by atoms with E-state index >= 15 is 0 Å². The SMILES string of the molecule is CS(=O)(=O)C1CSCCN1c1ccc(Cl)cc1C(=N)N. The highest BCUT2D eigenvalue weighted by Crippen LogP contribution is 2.31. The van der Waals surface area contributed by atoms with Crippen LogP contribution in [0.1, 0.15) is 5.56 Å². The van der Waals surface area contributed by atoms with E-state index in [9.17, 15) is 8.42 Å². The van der Waals surface area contributed by atoms with Gasteiger partial charge in [-0.1, -0.05) is 11.6 Å². The highest BCUT2D eigenvalue weighted by Gasteiger charge is 2.32. The van der Waals surface area contributed by atoms with Crippen LogP contribution in [0.4, 0.5) is 5.69 Å². The van der Waals surface area contributed by atoms with Crippen LogP contribution in [0.5, 0.6) is 0 Å². The third-order valence-electron chi connectivity index (χ3n) is 3.14. The average Bonchev–Trinajstić information content (AvgIpc) is 2.37. The zero-order chi connectivity index (χ0) is 14.9. The van der Waals surface area contributed by atoms with Crippen LogP contribution in [0.15, 0.2) is 18.2 Å². The molecule has 1 unspecified atom stereocenters. The molecule has 1 aromatic carbocycles. The molecule has 1 fully saturated rings. The molecule has 1 heterocycles. The topological polar surface area (TPSA) is 87.2 Å². The minimum absolute atomic E-state index is 0.118. The average molecular weight is 334 g/mol. The molecule has 1 aliphatic rings. The molecule has 0 radical (unpaired) electrons. The highest BCUT2D eigenvalue weighted by molar-refractivity contribution is 8.01. The summed E-state index contributed by atoms with van der Waals surface area (Å²) in [6.07, 6.45) is 1.24. The summed E-state index contributed by atoms with van der Waals surface area (Å²) in [5, 5.41) is 7.53. The predicted octanol–water partition coefficient (Wildman–Crippen LogP) is 1.55. The van der Waals surface area contributed by atoms with Gasteiger partial charge in [-0.3, -0.25) is 5.41 Å². The first-order valence-corrected chi connectivity index (χ1v) is 9.46. The second-order valence-electron chi connectivity index (χ2n) is 4.63. The Kier molecular flexibility index (Phi) is 4.51. The van der Waals surface area contributed by atoms with Gasteiger partial charge in [-0.2, -0.15) is 11.8 Å². The summed E-state index contributed by atoms with van der Waals surface area (Å²) in [5.74, 6) is 1.23. The van der Waals surface area contributed by atoms with E-state index < -0.39 is 15.2 Å². The minimum Gasteiger partial charge on any atom is -0.384 e. The van der Waals surface area contributed by atoms with Crippen LogP contribution in [0.3, 0.4) is 0 Å². The maximum atomic E-state index is 12.0. The van der Waals surface area contributed by atoms with Crippen molar-refractivity contribution in [1.82, 2.24) is 0 Å². The largest absolute Gasteiger partial charge is 0.384 e. The number of amidine groups is 1. The lowest BCUT2D eigenvalue weighted by atomic mass is 10.1. The molecule has 2 rings (SSSR count). The summed E-state index contributed by atoms with van der Waals surface area (Å²) in [6.45, 7) is 0.602. The van der Waals surface area contributed by atoms with Gasteiger partial charge in [0.15, 0.2) is 9.84 Å². The fourth-order valence-corrected chi connectivity index (χ4v) is 5.19. The van der Waals surface area contributed by atoms with Crippen LogP contribution in [0.25, 0.3) is 0 Å². The Hall–Kier alpha value is -0.920. The van der Waals surface area contributed by atoms with Crippen molar-refractivity contribution < 1.29 is 8.42 Å². The molecule has 0 saturated carbocycles. The molecule has 3 N–H and O–H groups in total. The molecular formula is C12H16ClN3O2S2. The summed E-state index contributed by atoms with van der Waals surface area (Å²) in [6, 6.07) is 5.01. The normalized spacial score (nSPS) is 19.9. The van der Waals surface area contributed by atoms with Crippen LogP contribution >= 0.6 is 23.4 Å². The smallest absolute Gasteiger partial charge is 0.169 e. The molecular weight excluding hydrogens is 318 g/mol. The van der Waals surface area contributed by atoms with E-state index in [4.69, 9.17) is 22.7 Å². The molecule has 1 aromatic rings. The first-order chi connectivity index (χ1) is 9.30. The molecule has 1 atom stereocenters. The lowest BCUT2D eigenvalue weighted by Gasteiger charge is -2.37. The second-order valence-corrected chi connectivity index (χ2v) is 8.42. The first-order valence-electron chi connectivity index (χ1n) is 5.98. The number of sulfone groups is 1. The van der Waals surface area contributed by atoms with Gasteiger partial charge in [0, 0.05) is 40.6 Å². The maximum Gasteiger partial charge on any atom is 0.169 e. The molecule has 1 aliphatic heterocycles. The maximum absolute atomic E-state index is 12.0. The van der Waals surface area contributed by atoms with E-state index in [1.54, 1.807) is 34.9 Å². The number of nitrogens with zero attached hydrogens (tertiary/aromatic N) is 1. The van der Waals surface area contributed by atoms with Crippen LogP contribution in [-0.2, 0) is 9.84 Å². The van der Waals surface area contributed by atoms with Crippen molar-refractivity contribution in [2.45, 2.75) is 5.37 Å². The Balaban J connectivity index is 2.50. The third-order valence-corrected chi connectivity index (χ3v) is 6.02. The number of nitrogens with two attached hydrogens (primary N) is 1. The molecule has 5 nitrogen and oxygen atoms in total. The van der Waals surface area contributed by atoms with Gasteiger partial charge in [-0.15, -0.1) is 0 Å². The van der Waals surface area contributed by atoms with Gasteiger partial charge in [0.05, 0.1) is 0 Å². The fraction of sp³-hybridized carbons (Fsp3) is 0.417. The lowest BCUT2D eigenvalue weighted by Crippen LogP contribution is -2.47. The highest BCUT2D eigenvalue weighted by atomic mass is 35.5. The zero-order valence-corrected chi connectivity index (χ0v) is 13.4. The number of nitrogens with one attached hydrogen (secondary N) is 1. The predicted molar refractivity (Wildman–Crippen MR) is 85.8 cm³/mol. The van der Waals surface area contributed by atoms with Gasteiger partial charge >= 0.3 is 0 Å². The van der Waals surface area contributed by atoms with Crippen LogP contribution in [0, 0.1) is 5.41 Å². The van der Waals surface area contributed by atoms with E-state index in [2.05, 4.69) is 0 Å². The minimum atomic E-state index is -3.21. The van der Waals surface area contributed by atoms with Crippen molar-refractivity contribution >= 4 is 44.7 Å². The Morgan fingerprint density at radius 3 is 2.85 bits per heavy atom. The van der Waals surface area contributed by atoms with Gasteiger partial charge in [0.1, 0.15) is 11.2 Å². The molecule has 8 heteroatoms. The molecule has 0 amide bonds. The summed E-state index contributed by atoms with van der Waals surface area (Å²) in [4.78, 5) is 1.80. The van der Waals surface area contributed by atoms with Gasteiger partial charge in [0.25, 0.3) is 0 Å². The molecule has 1 saturated heterocycles. The van der Waals surface area contributed by atoms with Gasteiger partial charge in [0.2, 0.25) is 0 Å². The van der Waals surface area contributed by atoms with Gasteiger partial charge in [-0.05, 0) is 18.2 Å². The van der Waals surface area contributed by atoms with Crippen molar-refractivity contribution in [3.63, 3.8) is 0 Å². The third kappa shape index (κ3) is 3.21. The Labute approximate surface area is 127 Å². The number of anilines is 1.